The molecule has 3 rings (SSSR count). The summed E-state index contributed by atoms with van der Waals surface area (Å²) in [6.07, 6.45) is 0. The van der Waals surface area contributed by atoms with Gasteiger partial charge in [0.2, 0.25) is 0 Å². The van der Waals surface area contributed by atoms with E-state index < -0.39 is 0 Å². The van der Waals surface area contributed by atoms with Crippen molar-refractivity contribution >= 4 is 38.8 Å². The first-order valence-corrected chi connectivity index (χ1v) is 7.75. The SMILES string of the molecule is CC(=O)c1cc(Br)ccc1N1CCN(C)c2ccccc21. The Bertz CT molecular complexity index is 699. The monoisotopic (exact) mass is 344 g/mol. The molecule has 0 unspecified atom stereocenters. The van der Waals surface area contributed by atoms with Crippen LogP contribution in [0.4, 0.5) is 17.1 Å². The van der Waals surface area contributed by atoms with E-state index in [4.69, 9.17) is 0 Å². The number of ketones is 1. The smallest absolute Gasteiger partial charge is 0.161 e. The van der Waals surface area contributed by atoms with Gasteiger partial charge in [-0.3, -0.25) is 4.79 Å². The van der Waals surface area contributed by atoms with Gasteiger partial charge in [-0.2, -0.15) is 0 Å². The van der Waals surface area contributed by atoms with Crippen molar-refractivity contribution in [3.05, 3.63) is 52.5 Å². The lowest BCUT2D eigenvalue weighted by molar-refractivity contribution is 0.101. The standard InChI is InChI=1S/C17H17BrN2O/c1-12(21)14-11-13(18)7-8-15(14)20-10-9-19(2)16-5-3-4-6-17(16)20/h3-8,11H,9-10H2,1-2H3. The van der Waals surface area contributed by atoms with Gasteiger partial charge in [0.05, 0.1) is 17.1 Å². The van der Waals surface area contributed by atoms with Crippen LogP contribution >= 0.6 is 15.9 Å². The van der Waals surface area contributed by atoms with Gasteiger partial charge in [0.15, 0.2) is 5.78 Å². The van der Waals surface area contributed by atoms with Crippen LogP contribution in [0.1, 0.15) is 17.3 Å². The van der Waals surface area contributed by atoms with Crippen molar-refractivity contribution in [2.75, 3.05) is 29.9 Å². The number of hydrogen-bond donors (Lipinski definition) is 0. The van der Waals surface area contributed by atoms with E-state index in [0.717, 1.165) is 34.5 Å². The van der Waals surface area contributed by atoms with Crippen LogP contribution in [0.5, 0.6) is 0 Å². The molecule has 21 heavy (non-hydrogen) atoms. The van der Waals surface area contributed by atoms with Crippen molar-refractivity contribution in [2.24, 2.45) is 0 Å². The summed E-state index contributed by atoms with van der Waals surface area (Å²) in [5.74, 6) is 0.0858. The highest BCUT2D eigenvalue weighted by molar-refractivity contribution is 9.10. The Morgan fingerprint density at radius 3 is 2.48 bits per heavy atom. The fraction of sp³-hybridized carbons (Fsp3) is 0.235. The minimum absolute atomic E-state index is 0.0858. The van der Waals surface area contributed by atoms with Crippen LogP contribution < -0.4 is 9.80 Å². The molecule has 1 aliphatic rings. The van der Waals surface area contributed by atoms with E-state index in [2.05, 4.69) is 44.9 Å². The Kier molecular flexibility index (Phi) is 3.72. The zero-order valence-corrected chi connectivity index (χ0v) is 13.7. The molecule has 0 aliphatic carbocycles. The van der Waals surface area contributed by atoms with Gasteiger partial charge in [-0.25, -0.2) is 0 Å². The van der Waals surface area contributed by atoms with Crippen LogP contribution in [0, 0.1) is 0 Å². The summed E-state index contributed by atoms with van der Waals surface area (Å²) in [5, 5.41) is 0. The van der Waals surface area contributed by atoms with Gasteiger partial charge in [0.1, 0.15) is 0 Å². The molecule has 0 aromatic heterocycles. The van der Waals surface area contributed by atoms with Crippen LogP contribution in [0.25, 0.3) is 0 Å². The maximum atomic E-state index is 12.0. The third kappa shape index (κ3) is 2.56. The number of benzene rings is 2. The fourth-order valence-electron chi connectivity index (χ4n) is 2.78. The lowest BCUT2D eigenvalue weighted by Gasteiger charge is -2.37. The van der Waals surface area contributed by atoms with Gasteiger partial charge in [0, 0.05) is 30.2 Å². The number of halogens is 1. The number of anilines is 3. The summed E-state index contributed by atoms with van der Waals surface area (Å²) in [6, 6.07) is 14.2. The predicted octanol–water partition coefficient (Wildman–Crippen LogP) is 4.24. The first-order chi connectivity index (χ1) is 10.1. The first-order valence-electron chi connectivity index (χ1n) is 6.96. The predicted molar refractivity (Wildman–Crippen MR) is 90.9 cm³/mol. The molecular weight excluding hydrogens is 328 g/mol. The number of carbonyl (C=O) groups is 1. The van der Waals surface area contributed by atoms with Crippen molar-refractivity contribution in [1.82, 2.24) is 0 Å². The molecule has 0 spiro atoms. The van der Waals surface area contributed by atoms with Gasteiger partial charge in [-0.1, -0.05) is 28.1 Å². The Morgan fingerprint density at radius 1 is 1.05 bits per heavy atom. The third-order valence-corrected chi connectivity index (χ3v) is 4.36. The second-order valence-corrected chi connectivity index (χ2v) is 6.20. The highest BCUT2D eigenvalue weighted by atomic mass is 79.9. The minimum atomic E-state index is 0.0858. The number of carbonyl (C=O) groups excluding carboxylic acids is 1. The van der Waals surface area contributed by atoms with E-state index in [1.807, 2.05) is 30.3 Å². The quantitative estimate of drug-likeness (QED) is 0.761. The van der Waals surface area contributed by atoms with Crippen molar-refractivity contribution in [3.63, 3.8) is 0 Å². The molecule has 0 radical (unpaired) electrons. The second-order valence-electron chi connectivity index (χ2n) is 5.28. The summed E-state index contributed by atoms with van der Waals surface area (Å²) in [6.45, 7) is 3.42. The summed E-state index contributed by atoms with van der Waals surface area (Å²) < 4.78 is 0.930. The van der Waals surface area contributed by atoms with Crippen LogP contribution in [0.3, 0.4) is 0 Å². The molecular formula is C17H17BrN2O. The summed E-state index contributed by atoms with van der Waals surface area (Å²) in [5.41, 5.74) is 4.08. The van der Waals surface area contributed by atoms with Crippen molar-refractivity contribution in [2.45, 2.75) is 6.92 Å². The number of hydrogen-bond acceptors (Lipinski definition) is 3. The zero-order valence-electron chi connectivity index (χ0n) is 12.1. The van der Waals surface area contributed by atoms with Gasteiger partial charge in [-0.05, 0) is 37.3 Å². The van der Waals surface area contributed by atoms with E-state index in [-0.39, 0.29) is 5.78 Å². The molecule has 0 N–H and O–H groups in total. The topological polar surface area (TPSA) is 23.6 Å². The second kappa shape index (κ2) is 5.53. The van der Waals surface area contributed by atoms with Crippen LogP contribution in [0.2, 0.25) is 0 Å². The summed E-state index contributed by atoms with van der Waals surface area (Å²) in [7, 11) is 2.10. The van der Waals surface area contributed by atoms with E-state index in [9.17, 15) is 4.79 Å². The molecule has 2 aromatic rings. The fourth-order valence-corrected chi connectivity index (χ4v) is 3.14. The number of para-hydroxylation sites is 2. The Labute approximate surface area is 133 Å². The molecule has 1 heterocycles. The average molecular weight is 345 g/mol. The molecule has 0 fully saturated rings. The molecule has 0 atom stereocenters. The van der Waals surface area contributed by atoms with Gasteiger partial charge >= 0.3 is 0 Å². The average Bonchev–Trinajstić information content (AvgIpc) is 2.48. The number of fused-ring (bicyclic) bond motifs is 1. The van der Waals surface area contributed by atoms with E-state index >= 15 is 0 Å². The highest BCUT2D eigenvalue weighted by Crippen LogP contribution is 2.38. The number of nitrogens with zero attached hydrogens (tertiary/aromatic N) is 2. The minimum Gasteiger partial charge on any atom is -0.371 e. The van der Waals surface area contributed by atoms with E-state index in [0.29, 0.717) is 0 Å². The van der Waals surface area contributed by atoms with Gasteiger partial charge < -0.3 is 9.80 Å². The third-order valence-electron chi connectivity index (χ3n) is 3.87. The summed E-state index contributed by atoms with van der Waals surface area (Å²) >= 11 is 3.45. The first kappa shape index (κ1) is 14.1. The van der Waals surface area contributed by atoms with Crippen LogP contribution in [-0.4, -0.2) is 25.9 Å². The van der Waals surface area contributed by atoms with E-state index in [1.165, 1.54) is 5.69 Å². The molecule has 0 bridgehead atoms. The normalized spacial score (nSPS) is 14.0. The molecule has 4 heteroatoms. The molecule has 1 aliphatic heterocycles. The molecule has 0 saturated carbocycles. The maximum absolute atomic E-state index is 12.0. The lowest BCUT2D eigenvalue weighted by Crippen LogP contribution is -2.37. The molecule has 0 amide bonds. The van der Waals surface area contributed by atoms with E-state index in [1.54, 1.807) is 6.92 Å². The molecule has 0 saturated heterocycles. The van der Waals surface area contributed by atoms with Gasteiger partial charge in [0.25, 0.3) is 0 Å². The van der Waals surface area contributed by atoms with Crippen molar-refractivity contribution in [3.8, 4) is 0 Å². The number of rotatable bonds is 2. The highest BCUT2D eigenvalue weighted by Gasteiger charge is 2.23. The Morgan fingerprint density at radius 2 is 1.76 bits per heavy atom. The summed E-state index contributed by atoms with van der Waals surface area (Å²) in [4.78, 5) is 16.5. The lowest BCUT2D eigenvalue weighted by atomic mass is 10.1. The Balaban J connectivity index is 2.14. The number of Topliss-reactive ketones (excluding diaryl/α,β-unsaturated/α-hetero) is 1. The number of likely N-dealkylation sites (N-methyl/N-ethyl adjacent to an activating group) is 1. The Hall–Kier alpha value is -1.81. The maximum Gasteiger partial charge on any atom is 0.161 e. The molecule has 3 nitrogen and oxygen atoms in total. The van der Waals surface area contributed by atoms with Crippen molar-refractivity contribution < 1.29 is 4.79 Å². The van der Waals surface area contributed by atoms with Crippen molar-refractivity contribution in [1.29, 1.82) is 0 Å². The largest absolute Gasteiger partial charge is 0.371 e. The zero-order chi connectivity index (χ0) is 15.0. The van der Waals surface area contributed by atoms with Crippen LogP contribution in [-0.2, 0) is 0 Å². The van der Waals surface area contributed by atoms with Gasteiger partial charge in [-0.15, -0.1) is 0 Å². The molecule has 2 aromatic carbocycles. The molecule has 108 valence electrons. The van der Waals surface area contributed by atoms with Crippen LogP contribution in [0.15, 0.2) is 46.9 Å².